The highest BCUT2D eigenvalue weighted by Crippen LogP contribution is 2.34. The van der Waals surface area contributed by atoms with E-state index in [4.69, 9.17) is 21.1 Å². The molecule has 6 nitrogen and oxygen atoms in total. The number of carboxylic acid groups (broad SMARTS) is 1. The second kappa shape index (κ2) is 7.70. The highest BCUT2D eigenvalue weighted by molar-refractivity contribution is 6.34. The fourth-order valence-electron chi connectivity index (χ4n) is 2.10. The van der Waals surface area contributed by atoms with Gasteiger partial charge in [0.1, 0.15) is 0 Å². The van der Waals surface area contributed by atoms with E-state index in [2.05, 4.69) is 5.32 Å². The summed E-state index contributed by atoms with van der Waals surface area (Å²) in [5, 5.41) is 14.1. The van der Waals surface area contributed by atoms with Gasteiger partial charge in [-0.2, -0.15) is 0 Å². The molecule has 1 amide bonds. The minimum Gasteiger partial charge on any atom is -0.545 e. The van der Waals surface area contributed by atoms with E-state index in [0.717, 1.165) is 0 Å². The van der Waals surface area contributed by atoms with Crippen LogP contribution in [0.2, 0.25) is 5.02 Å². The predicted molar refractivity (Wildman–Crippen MR) is 87.9 cm³/mol. The molecule has 0 fully saturated rings. The summed E-state index contributed by atoms with van der Waals surface area (Å²) < 4.78 is 10.5. The van der Waals surface area contributed by atoms with Crippen LogP contribution in [0.3, 0.4) is 0 Å². The number of hydrogen-bond donors (Lipinski definition) is 1. The third-order valence-electron chi connectivity index (χ3n) is 3.19. The molecule has 0 saturated carbocycles. The Hall–Kier alpha value is -2.73. The fraction of sp³-hybridized carbons (Fsp3) is 0.176. The standard InChI is InChI=1S/C17H16ClNO5/c1-3-24-15-8-11(17(21)22)13(9-14(15)23-2)19-16(20)10-6-4-5-7-12(10)18/h4-9H,3H2,1-2H3,(H,19,20)(H,21,22)/p-1. The number of nitrogens with one attached hydrogen (secondary N) is 1. The number of amides is 1. The van der Waals surface area contributed by atoms with E-state index in [9.17, 15) is 14.7 Å². The number of hydrogen-bond acceptors (Lipinski definition) is 5. The van der Waals surface area contributed by atoms with Crippen molar-refractivity contribution < 1.29 is 24.2 Å². The number of aromatic carboxylic acids is 1. The summed E-state index contributed by atoms with van der Waals surface area (Å²) in [5.74, 6) is -1.46. The average Bonchev–Trinajstić information content (AvgIpc) is 2.56. The minimum atomic E-state index is -1.45. The number of rotatable bonds is 6. The van der Waals surface area contributed by atoms with Gasteiger partial charge in [0, 0.05) is 11.6 Å². The van der Waals surface area contributed by atoms with Gasteiger partial charge in [-0.15, -0.1) is 0 Å². The largest absolute Gasteiger partial charge is 0.545 e. The molecule has 0 aliphatic heterocycles. The lowest BCUT2D eigenvalue weighted by Gasteiger charge is -2.17. The SMILES string of the molecule is CCOc1cc(C(=O)[O-])c(NC(=O)c2ccccc2Cl)cc1OC. The van der Waals surface area contributed by atoms with E-state index in [-0.39, 0.29) is 33.3 Å². The van der Waals surface area contributed by atoms with Crippen LogP contribution < -0.4 is 19.9 Å². The zero-order valence-electron chi connectivity index (χ0n) is 13.1. The third-order valence-corrected chi connectivity index (χ3v) is 3.52. The number of ether oxygens (including phenoxy) is 2. The zero-order valence-corrected chi connectivity index (χ0v) is 13.8. The molecule has 0 heterocycles. The zero-order chi connectivity index (χ0) is 17.7. The molecule has 0 aromatic heterocycles. The molecular formula is C17H15ClNO5-. The lowest BCUT2D eigenvalue weighted by molar-refractivity contribution is -0.254. The van der Waals surface area contributed by atoms with Gasteiger partial charge in [0.2, 0.25) is 0 Å². The van der Waals surface area contributed by atoms with E-state index >= 15 is 0 Å². The number of methoxy groups -OCH3 is 1. The molecule has 2 aromatic rings. The number of benzene rings is 2. The highest BCUT2D eigenvalue weighted by Gasteiger charge is 2.16. The predicted octanol–water partition coefficient (Wildman–Crippen LogP) is 2.36. The van der Waals surface area contributed by atoms with E-state index in [0.29, 0.717) is 6.61 Å². The minimum absolute atomic E-state index is 0.0280. The van der Waals surface area contributed by atoms with Crippen molar-refractivity contribution in [3.63, 3.8) is 0 Å². The summed E-state index contributed by atoms with van der Waals surface area (Å²) in [5.41, 5.74) is 0.0243. The van der Waals surface area contributed by atoms with Gasteiger partial charge in [-0.3, -0.25) is 4.79 Å². The van der Waals surface area contributed by atoms with Gasteiger partial charge in [0.05, 0.1) is 36.0 Å². The first-order valence-corrected chi connectivity index (χ1v) is 7.47. The normalized spacial score (nSPS) is 10.1. The molecule has 0 atom stereocenters. The number of anilines is 1. The van der Waals surface area contributed by atoms with E-state index < -0.39 is 11.9 Å². The lowest BCUT2D eigenvalue weighted by atomic mass is 10.1. The molecule has 2 rings (SSSR count). The average molecular weight is 349 g/mol. The van der Waals surface area contributed by atoms with Crippen molar-refractivity contribution in [3.8, 4) is 11.5 Å². The summed E-state index contributed by atoms with van der Waals surface area (Å²) in [7, 11) is 1.41. The molecule has 0 spiro atoms. The van der Waals surface area contributed by atoms with Crippen molar-refractivity contribution in [1.82, 2.24) is 0 Å². The van der Waals surface area contributed by atoms with Gasteiger partial charge in [-0.25, -0.2) is 0 Å². The van der Waals surface area contributed by atoms with Gasteiger partial charge >= 0.3 is 0 Å². The molecule has 0 aliphatic rings. The summed E-state index contributed by atoms with van der Waals surface area (Å²) in [4.78, 5) is 23.7. The van der Waals surface area contributed by atoms with Gasteiger partial charge in [0.25, 0.3) is 5.91 Å². The highest BCUT2D eigenvalue weighted by atomic mass is 35.5. The topological polar surface area (TPSA) is 87.7 Å². The van der Waals surface area contributed by atoms with Crippen LogP contribution in [0.5, 0.6) is 11.5 Å². The molecule has 0 bridgehead atoms. The second-order valence-corrected chi connectivity index (χ2v) is 5.11. The van der Waals surface area contributed by atoms with Gasteiger partial charge < -0.3 is 24.7 Å². The molecule has 0 aliphatic carbocycles. The summed E-state index contributed by atoms with van der Waals surface area (Å²) in [6.07, 6.45) is 0. The second-order valence-electron chi connectivity index (χ2n) is 4.70. The van der Waals surface area contributed by atoms with Crippen LogP contribution in [0.15, 0.2) is 36.4 Å². The summed E-state index contributed by atoms with van der Waals surface area (Å²) in [6.45, 7) is 2.08. The monoisotopic (exact) mass is 348 g/mol. The van der Waals surface area contributed by atoms with Crippen LogP contribution >= 0.6 is 11.6 Å². The number of carbonyl (C=O) groups is 2. The third kappa shape index (κ3) is 3.78. The van der Waals surface area contributed by atoms with Crippen LogP contribution in [-0.2, 0) is 0 Å². The van der Waals surface area contributed by atoms with Gasteiger partial charge in [-0.05, 0) is 25.1 Å². The molecule has 2 aromatic carbocycles. The first-order chi connectivity index (χ1) is 11.5. The van der Waals surface area contributed by atoms with Crippen LogP contribution in [0.1, 0.15) is 27.6 Å². The van der Waals surface area contributed by atoms with Crippen molar-refractivity contribution in [2.45, 2.75) is 6.92 Å². The first-order valence-electron chi connectivity index (χ1n) is 7.10. The van der Waals surface area contributed by atoms with Crippen molar-refractivity contribution in [2.75, 3.05) is 19.0 Å². The molecule has 1 N–H and O–H groups in total. The Balaban J connectivity index is 2.43. The maximum atomic E-state index is 12.3. The Morgan fingerprint density at radius 2 is 1.88 bits per heavy atom. The number of carbonyl (C=O) groups excluding carboxylic acids is 2. The summed E-state index contributed by atoms with van der Waals surface area (Å²) in [6, 6.07) is 9.05. The fourth-order valence-corrected chi connectivity index (χ4v) is 2.32. The Kier molecular flexibility index (Phi) is 5.65. The molecule has 0 saturated heterocycles. The number of carboxylic acids is 1. The van der Waals surface area contributed by atoms with Crippen molar-refractivity contribution >= 4 is 29.2 Å². The summed E-state index contributed by atoms with van der Waals surface area (Å²) >= 11 is 5.98. The van der Waals surface area contributed by atoms with E-state index in [1.165, 1.54) is 25.3 Å². The van der Waals surface area contributed by atoms with E-state index in [1.807, 2.05) is 0 Å². The molecule has 7 heteroatoms. The van der Waals surface area contributed by atoms with Crippen LogP contribution in [-0.4, -0.2) is 25.6 Å². The Labute approximate surface area is 144 Å². The van der Waals surface area contributed by atoms with Crippen molar-refractivity contribution in [2.24, 2.45) is 0 Å². The van der Waals surface area contributed by atoms with Crippen molar-refractivity contribution in [3.05, 3.63) is 52.5 Å². The van der Waals surface area contributed by atoms with Crippen molar-refractivity contribution in [1.29, 1.82) is 0 Å². The maximum Gasteiger partial charge on any atom is 0.257 e. The Morgan fingerprint density at radius 3 is 2.46 bits per heavy atom. The van der Waals surface area contributed by atoms with Crippen LogP contribution in [0.4, 0.5) is 5.69 Å². The smallest absolute Gasteiger partial charge is 0.257 e. The van der Waals surface area contributed by atoms with Crippen LogP contribution in [0, 0.1) is 0 Å². The molecule has 24 heavy (non-hydrogen) atoms. The molecule has 0 unspecified atom stereocenters. The quantitative estimate of drug-likeness (QED) is 0.865. The lowest BCUT2D eigenvalue weighted by Crippen LogP contribution is -2.25. The maximum absolute atomic E-state index is 12.3. The Morgan fingerprint density at radius 1 is 1.17 bits per heavy atom. The van der Waals surface area contributed by atoms with E-state index in [1.54, 1.807) is 25.1 Å². The number of halogens is 1. The molecule has 0 radical (unpaired) electrons. The molecule has 126 valence electrons. The van der Waals surface area contributed by atoms with Gasteiger partial charge in [-0.1, -0.05) is 23.7 Å². The van der Waals surface area contributed by atoms with Crippen LogP contribution in [0.25, 0.3) is 0 Å². The van der Waals surface area contributed by atoms with Gasteiger partial charge in [0.15, 0.2) is 11.5 Å². The Bertz CT molecular complexity index is 776. The molecular weight excluding hydrogens is 334 g/mol. The first kappa shape index (κ1) is 17.6.